The number of halogens is 1. The van der Waals surface area contributed by atoms with Crippen LogP contribution < -0.4 is 4.90 Å². The lowest BCUT2D eigenvalue weighted by Gasteiger charge is -2.39. The summed E-state index contributed by atoms with van der Waals surface area (Å²) in [7, 11) is 0. The van der Waals surface area contributed by atoms with Gasteiger partial charge in [-0.1, -0.05) is 6.42 Å². The van der Waals surface area contributed by atoms with Crippen molar-refractivity contribution in [3.05, 3.63) is 18.2 Å². The number of likely N-dealkylation sites (tertiary alicyclic amines) is 1. The maximum Gasteiger partial charge on any atom is 0.225 e. The predicted octanol–water partition coefficient (Wildman–Crippen LogP) is 2.71. The normalized spacial score (nSPS) is 27.8. The molecule has 0 unspecified atom stereocenters. The SMILES string of the molecule is C[C@H]1CCCCN1C[C@H]1CCCN(c2ncc(F)cn2)C1. The molecule has 21 heavy (non-hydrogen) atoms. The average molecular weight is 292 g/mol. The fourth-order valence-corrected chi connectivity index (χ4v) is 3.62. The smallest absolute Gasteiger partial charge is 0.225 e. The lowest BCUT2D eigenvalue weighted by Crippen LogP contribution is -2.45. The van der Waals surface area contributed by atoms with Gasteiger partial charge in [-0.05, 0) is 45.1 Å². The minimum atomic E-state index is -0.366. The van der Waals surface area contributed by atoms with E-state index >= 15 is 0 Å². The Morgan fingerprint density at radius 2 is 1.95 bits per heavy atom. The van der Waals surface area contributed by atoms with Crippen molar-refractivity contribution in [3.63, 3.8) is 0 Å². The zero-order valence-electron chi connectivity index (χ0n) is 12.8. The number of aromatic nitrogens is 2. The van der Waals surface area contributed by atoms with Gasteiger partial charge in [-0.15, -0.1) is 0 Å². The van der Waals surface area contributed by atoms with Crippen molar-refractivity contribution in [2.24, 2.45) is 5.92 Å². The number of hydrogen-bond acceptors (Lipinski definition) is 4. The van der Waals surface area contributed by atoms with Gasteiger partial charge in [-0.3, -0.25) is 0 Å². The monoisotopic (exact) mass is 292 g/mol. The molecule has 1 aromatic rings. The van der Waals surface area contributed by atoms with E-state index in [2.05, 4.69) is 26.7 Å². The van der Waals surface area contributed by atoms with E-state index in [1.807, 2.05) is 0 Å². The molecule has 2 aliphatic heterocycles. The predicted molar refractivity (Wildman–Crippen MR) is 81.8 cm³/mol. The lowest BCUT2D eigenvalue weighted by molar-refractivity contribution is 0.130. The van der Waals surface area contributed by atoms with E-state index in [0.29, 0.717) is 11.9 Å². The Morgan fingerprint density at radius 1 is 1.14 bits per heavy atom. The van der Waals surface area contributed by atoms with E-state index in [1.54, 1.807) is 0 Å². The van der Waals surface area contributed by atoms with Crippen LogP contribution in [0.5, 0.6) is 0 Å². The molecular weight excluding hydrogens is 267 g/mol. The quantitative estimate of drug-likeness (QED) is 0.857. The molecule has 0 N–H and O–H groups in total. The second-order valence-electron chi connectivity index (χ2n) is 6.50. The molecule has 2 aliphatic rings. The Hall–Kier alpha value is -1.23. The van der Waals surface area contributed by atoms with Crippen molar-refractivity contribution in [1.29, 1.82) is 0 Å². The molecule has 2 atom stereocenters. The van der Waals surface area contributed by atoms with Gasteiger partial charge < -0.3 is 9.80 Å². The maximum atomic E-state index is 12.9. The van der Waals surface area contributed by atoms with Crippen LogP contribution in [0.2, 0.25) is 0 Å². The van der Waals surface area contributed by atoms with Gasteiger partial charge in [-0.2, -0.15) is 0 Å². The van der Waals surface area contributed by atoms with Gasteiger partial charge in [0, 0.05) is 25.7 Å². The molecule has 4 nitrogen and oxygen atoms in total. The number of rotatable bonds is 3. The zero-order chi connectivity index (χ0) is 14.7. The summed E-state index contributed by atoms with van der Waals surface area (Å²) in [4.78, 5) is 13.1. The molecule has 0 saturated carbocycles. The molecule has 0 amide bonds. The second-order valence-corrected chi connectivity index (χ2v) is 6.50. The Labute approximate surface area is 126 Å². The van der Waals surface area contributed by atoms with Crippen LogP contribution in [0.15, 0.2) is 12.4 Å². The molecule has 0 spiro atoms. The first-order valence-electron chi connectivity index (χ1n) is 8.19. The minimum absolute atomic E-state index is 0.366. The van der Waals surface area contributed by atoms with Crippen LogP contribution in [0.1, 0.15) is 39.0 Å². The summed E-state index contributed by atoms with van der Waals surface area (Å²) in [5, 5.41) is 0. The van der Waals surface area contributed by atoms with Crippen LogP contribution in [0.3, 0.4) is 0 Å². The molecule has 0 aliphatic carbocycles. The number of anilines is 1. The van der Waals surface area contributed by atoms with Crippen molar-refractivity contribution in [3.8, 4) is 0 Å². The standard InChI is InChI=1S/C16H25FN4/c1-13-5-2-3-7-20(13)11-14-6-4-8-21(12-14)16-18-9-15(17)10-19-16/h9-10,13-14H,2-8,11-12H2,1H3/t13-,14+/m0/s1. The zero-order valence-corrected chi connectivity index (χ0v) is 12.8. The molecule has 0 radical (unpaired) electrons. The first-order chi connectivity index (χ1) is 10.2. The van der Waals surface area contributed by atoms with Crippen molar-refractivity contribution in [1.82, 2.24) is 14.9 Å². The summed E-state index contributed by atoms with van der Waals surface area (Å²) in [6.45, 7) is 6.75. The van der Waals surface area contributed by atoms with Gasteiger partial charge in [0.15, 0.2) is 5.82 Å². The van der Waals surface area contributed by atoms with Gasteiger partial charge in [0.1, 0.15) is 0 Å². The van der Waals surface area contributed by atoms with Crippen molar-refractivity contribution >= 4 is 5.95 Å². The molecule has 3 heterocycles. The van der Waals surface area contributed by atoms with E-state index in [-0.39, 0.29) is 5.82 Å². The van der Waals surface area contributed by atoms with E-state index in [4.69, 9.17) is 0 Å². The molecule has 2 fully saturated rings. The molecule has 116 valence electrons. The third-order valence-corrected chi connectivity index (χ3v) is 4.84. The van der Waals surface area contributed by atoms with Crippen LogP contribution >= 0.6 is 0 Å². The van der Waals surface area contributed by atoms with Crippen molar-refractivity contribution in [2.75, 3.05) is 31.1 Å². The van der Waals surface area contributed by atoms with Gasteiger partial charge in [0.2, 0.25) is 5.95 Å². The van der Waals surface area contributed by atoms with E-state index in [0.717, 1.165) is 19.1 Å². The number of piperidine rings is 2. The van der Waals surface area contributed by atoms with Crippen LogP contribution in [0.4, 0.5) is 10.3 Å². The van der Waals surface area contributed by atoms with Gasteiger partial charge in [0.05, 0.1) is 12.4 Å². The Bertz CT molecular complexity index is 450. The summed E-state index contributed by atoms with van der Waals surface area (Å²) < 4.78 is 12.9. The highest BCUT2D eigenvalue weighted by Gasteiger charge is 2.26. The fraction of sp³-hybridized carbons (Fsp3) is 0.750. The largest absolute Gasteiger partial charge is 0.341 e. The molecular formula is C16H25FN4. The van der Waals surface area contributed by atoms with Crippen LogP contribution in [0, 0.1) is 11.7 Å². The highest BCUT2D eigenvalue weighted by Crippen LogP contribution is 2.24. The number of nitrogens with zero attached hydrogens (tertiary/aromatic N) is 4. The van der Waals surface area contributed by atoms with Gasteiger partial charge in [0.25, 0.3) is 0 Å². The third kappa shape index (κ3) is 3.70. The average Bonchev–Trinajstić information content (AvgIpc) is 2.51. The summed E-state index contributed by atoms with van der Waals surface area (Å²) in [6.07, 6.45) is 9.02. The topological polar surface area (TPSA) is 32.3 Å². The maximum absolute atomic E-state index is 12.9. The fourth-order valence-electron chi connectivity index (χ4n) is 3.62. The van der Waals surface area contributed by atoms with E-state index in [9.17, 15) is 4.39 Å². The van der Waals surface area contributed by atoms with Gasteiger partial charge in [-0.25, -0.2) is 14.4 Å². The molecule has 1 aromatic heterocycles. The highest BCUT2D eigenvalue weighted by molar-refractivity contribution is 5.29. The first-order valence-corrected chi connectivity index (χ1v) is 8.19. The third-order valence-electron chi connectivity index (χ3n) is 4.84. The Morgan fingerprint density at radius 3 is 2.71 bits per heavy atom. The lowest BCUT2D eigenvalue weighted by atomic mass is 9.95. The molecule has 0 bridgehead atoms. The second kappa shape index (κ2) is 6.69. The van der Waals surface area contributed by atoms with Gasteiger partial charge >= 0.3 is 0 Å². The van der Waals surface area contributed by atoms with Crippen molar-refractivity contribution in [2.45, 2.75) is 45.1 Å². The van der Waals surface area contributed by atoms with Crippen molar-refractivity contribution < 1.29 is 4.39 Å². The van der Waals surface area contributed by atoms with E-state index in [1.165, 1.54) is 57.6 Å². The summed E-state index contributed by atoms with van der Waals surface area (Å²) in [5.74, 6) is 0.982. The first kappa shape index (κ1) is 14.7. The Kier molecular flexibility index (Phi) is 4.68. The summed E-state index contributed by atoms with van der Waals surface area (Å²) in [5.41, 5.74) is 0. The molecule has 3 rings (SSSR count). The molecule has 0 aromatic carbocycles. The molecule has 5 heteroatoms. The summed E-state index contributed by atoms with van der Waals surface area (Å²) in [6, 6.07) is 0.719. The molecule has 2 saturated heterocycles. The van der Waals surface area contributed by atoms with Crippen LogP contribution in [-0.2, 0) is 0 Å². The Balaban J connectivity index is 1.59. The van der Waals surface area contributed by atoms with Crippen LogP contribution in [0.25, 0.3) is 0 Å². The van der Waals surface area contributed by atoms with E-state index < -0.39 is 0 Å². The summed E-state index contributed by atoms with van der Waals surface area (Å²) >= 11 is 0. The highest BCUT2D eigenvalue weighted by atomic mass is 19.1. The minimum Gasteiger partial charge on any atom is -0.341 e. The number of hydrogen-bond donors (Lipinski definition) is 0. The van der Waals surface area contributed by atoms with Crippen LogP contribution in [-0.4, -0.2) is 47.1 Å².